The molecule has 6 heteroatoms. The summed E-state index contributed by atoms with van der Waals surface area (Å²) in [6.45, 7) is 1.91. The average molecular weight is 267 g/mol. The highest BCUT2D eigenvalue weighted by molar-refractivity contribution is 5.64. The van der Waals surface area contributed by atoms with Crippen LogP contribution in [0.4, 0.5) is 15.8 Å². The van der Waals surface area contributed by atoms with Gasteiger partial charge in [-0.2, -0.15) is 4.39 Å². The van der Waals surface area contributed by atoms with Crippen LogP contribution >= 0.6 is 0 Å². The van der Waals surface area contributed by atoms with Crippen molar-refractivity contribution in [1.82, 2.24) is 4.90 Å². The maximum absolute atomic E-state index is 13.6. The van der Waals surface area contributed by atoms with E-state index in [2.05, 4.69) is 11.9 Å². The van der Waals surface area contributed by atoms with Gasteiger partial charge in [0, 0.05) is 13.1 Å². The van der Waals surface area contributed by atoms with E-state index in [1.54, 1.807) is 13.1 Å². The van der Waals surface area contributed by atoms with E-state index in [0.29, 0.717) is 5.69 Å². The van der Waals surface area contributed by atoms with Crippen LogP contribution in [0.25, 0.3) is 0 Å². The van der Waals surface area contributed by atoms with Crippen molar-refractivity contribution in [1.29, 1.82) is 0 Å². The van der Waals surface area contributed by atoms with Gasteiger partial charge in [0.2, 0.25) is 5.82 Å². The van der Waals surface area contributed by atoms with Crippen molar-refractivity contribution in [2.75, 3.05) is 32.1 Å². The first-order valence-electron chi connectivity index (χ1n) is 6.35. The molecule has 1 heterocycles. The molecule has 1 fully saturated rings. The fraction of sp³-hybridized carbons (Fsp3) is 0.538. The van der Waals surface area contributed by atoms with Crippen molar-refractivity contribution in [3.63, 3.8) is 0 Å². The van der Waals surface area contributed by atoms with E-state index in [0.717, 1.165) is 32.0 Å². The summed E-state index contributed by atoms with van der Waals surface area (Å²) in [5.41, 5.74) is -0.0662. The van der Waals surface area contributed by atoms with Gasteiger partial charge in [-0.15, -0.1) is 0 Å². The quantitative estimate of drug-likeness (QED) is 0.622. The first-order chi connectivity index (χ1) is 9.00. The molecule has 1 aliphatic heterocycles. The summed E-state index contributed by atoms with van der Waals surface area (Å²) in [5, 5.41) is 11.0. The Hall–Kier alpha value is -1.69. The molecule has 0 saturated carbocycles. The van der Waals surface area contributed by atoms with Gasteiger partial charge in [-0.25, -0.2) is 0 Å². The van der Waals surface area contributed by atoms with E-state index in [4.69, 9.17) is 0 Å². The maximum Gasteiger partial charge on any atom is 0.327 e. The Labute approximate surface area is 111 Å². The Bertz CT molecular complexity index is 473. The van der Waals surface area contributed by atoms with Crippen LogP contribution in [0, 0.1) is 15.9 Å². The van der Waals surface area contributed by atoms with Crippen LogP contribution < -0.4 is 4.90 Å². The monoisotopic (exact) mass is 267 g/mol. The van der Waals surface area contributed by atoms with Crippen molar-refractivity contribution in [3.8, 4) is 0 Å². The second-order valence-electron chi connectivity index (χ2n) is 5.01. The van der Waals surface area contributed by atoms with E-state index >= 15 is 0 Å². The highest BCUT2D eigenvalue weighted by Crippen LogP contribution is 2.32. The number of halogens is 1. The average Bonchev–Trinajstić information content (AvgIpc) is 2.38. The van der Waals surface area contributed by atoms with Crippen LogP contribution in [0.3, 0.4) is 0 Å². The van der Waals surface area contributed by atoms with E-state index in [9.17, 15) is 14.5 Å². The zero-order chi connectivity index (χ0) is 14.0. The number of nitro groups is 1. The first kappa shape index (κ1) is 13.7. The fourth-order valence-electron chi connectivity index (χ4n) is 2.55. The van der Waals surface area contributed by atoms with Crippen LogP contribution in [-0.4, -0.2) is 43.0 Å². The molecule has 0 spiro atoms. The standard InChI is InChI=1S/C13H18FN3O2/c1-15-8-6-10(7-9-15)16(2)12-5-3-4-11(14)13(12)17(18)19/h3-5,10H,6-9H2,1-2H3. The van der Waals surface area contributed by atoms with Gasteiger partial charge in [-0.3, -0.25) is 10.1 Å². The van der Waals surface area contributed by atoms with Crippen LogP contribution in [0.15, 0.2) is 18.2 Å². The Balaban J connectivity index is 2.26. The molecule has 0 bridgehead atoms. The molecule has 104 valence electrons. The van der Waals surface area contributed by atoms with Crippen LogP contribution in [-0.2, 0) is 0 Å². The van der Waals surface area contributed by atoms with Gasteiger partial charge in [0.15, 0.2) is 0 Å². The largest absolute Gasteiger partial charge is 0.366 e. The van der Waals surface area contributed by atoms with E-state index in [1.807, 2.05) is 4.90 Å². The molecule has 5 nitrogen and oxygen atoms in total. The molecule has 1 saturated heterocycles. The number of piperidine rings is 1. The number of hydrogen-bond acceptors (Lipinski definition) is 4. The topological polar surface area (TPSA) is 49.6 Å². The van der Waals surface area contributed by atoms with Gasteiger partial charge >= 0.3 is 5.69 Å². The molecule has 0 atom stereocenters. The SMILES string of the molecule is CN1CCC(N(C)c2cccc(F)c2[N+](=O)[O-])CC1. The summed E-state index contributed by atoms with van der Waals surface area (Å²) < 4.78 is 13.6. The van der Waals surface area contributed by atoms with Crippen molar-refractivity contribution >= 4 is 11.4 Å². The summed E-state index contributed by atoms with van der Waals surface area (Å²) in [6, 6.07) is 4.48. The minimum Gasteiger partial charge on any atom is -0.366 e. The second kappa shape index (κ2) is 5.52. The van der Waals surface area contributed by atoms with Crippen LogP contribution in [0.1, 0.15) is 12.8 Å². The summed E-state index contributed by atoms with van der Waals surface area (Å²) in [4.78, 5) is 14.4. The molecule has 0 aliphatic carbocycles. The molecule has 0 N–H and O–H groups in total. The number of benzene rings is 1. The number of likely N-dealkylation sites (tertiary alicyclic amines) is 1. The zero-order valence-corrected chi connectivity index (χ0v) is 11.2. The Morgan fingerprint density at radius 1 is 1.42 bits per heavy atom. The molecule has 0 aromatic heterocycles. The lowest BCUT2D eigenvalue weighted by Gasteiger charge is -2.36. The lowest BCUT2D eigenvalue weighted by Crippen LogP contribution is -2.42. The summed E-state index contributed by atoms with van der Waals surface area (Å²) >= 11 is 0. The summed E-state index contributed by atoms with van der Waals surface area (Å²) in [5.74, 6) is -0.776. The predicted molar refractivity (Wildman–Crippen MR) is 72.0 cm³/mol. The van der Waals surface area contributed by atoms with Gasteiger partial charge < -0.3 is 9.80 Å². The van der Waals surface area contributed by atoms with Gasteiger partial charge in [0.1, 0.15) is 5.69 Å². The van der Waals surface area contributed by atoms with Crippen LogP contribution in [0.2, 0.25) is 0 Å². The van der Waals surface area contributed by atoms with Gasteiger partial charge in [-0.1, -0.05) is 6.07 Å². The summed E-state index contributed by atoms with van der Waals surface area (Å²) in [7, 11) is 3.86. The molecule has 19 heavy (non-hydrogen) atoms. The van der Waals surface area contributed by atoms with Gasteiger partial charge in [0.25, 0.3) is 0 Å². The minimum absolute atomic E-state index is 0.219. The predicted octanol–water partition coefficient (Wildman–Crippen LogP) is 2.26. The number of nitrogens with zero attached hydrogens (tertiary/aromatic N) is 3. The number of nitro benzene ring substituents is 1. The van der Waals surface area contributed by atoms with Crippen LogP contribution in [0.5, 0.6) is 0 Å². The Morgan fingerprint density at radius 3 is 2.63 bits per heavy atom. The minimum atomic E-state index is -0.776. The molecule has 1 aromatic carbocycles. The molecular weight excluding hydrogens is 249 g/mol. The first-order valence-corrected chi connectivity index (χ1v) is 6.35. The lowest BCUT2D eigenvalue weighted by atomic mass is 10.0. The van der Waals surface area contributed by atoms with Crippen molar-refractivity contribution < 1.29 is 9.31 Å². The normalized spacial score (nSPS) is 17.4. The van der Waals surface area contributed by atoms with Gasteiger partial charge in [-0.05, 0) is 45.1 Å². The fourth-order valence-corrected chi connectivity index (χ4v) is 2.55. The molecule has 0 radical (unpaired) electrons. The van der Waals surface area contributed by atoms with E-state index < -0.39 is 16.4 Å². The highest BCUT2D eigenvalue weighted by Gasteiger charge is 2.27. The highest BCUT2D eigenvalue weighted by atomic mass is 19.1. The molecular formula is C13H18FN3O2. The number of rotatable bonds is 3. The Kier molecular flexibility index (Phi) is 3.99. The Morgan fingerprint density at radius 2 is 2.05 bits per heavy atom. The van der Waals surface area contributed by atoms with Crippen molar-refractivity contribution in [2.45, 2.75) is 18.9 Å². The molecule has 1 aliphatic rings. The number of anilines is 1. The smallest absolute Gasteiger partial charge is 0.327 e. The third-order valence-corrected chi connectivity index (χ3v) is 3.76. The number of para-hydroxylation sites is 1. The van der Waals surface area contributed by atoms with Crippen molar-refractivity contribution in [2.24, 2.45) is 0 Å². The molecule has 1 aromatic rings. The second-order valence-corrected chi connectivity index (χ2v) is 5.01. The molecule has 0 amide bonds. The lowest BCUT2D eigenvalue weighted by molar-refractivity contribution is -0.386. The van der Waals surface area contributed by atoms with Crippen molar-refractivity contribution in [3.05, 3.63) is 34.1 Å². The van der Waals surface area contributed by atoms with E-state index in [-0.39, 0.29) is 6.04 Å². The van der Waals surface area contributed by atoms with Gasteiger partial charge in [0.05, 0.1) is 4.92 Å². The summed E-state index contributed by atoms with van der Waals surface area (Å²) in [6.07, 6.45) is 1.86. The molecule has 0 unspecified atom stereocenters. The third-order valence-electron chi connectivity index (χ3n) is 3.76. The zero-order valence-electron chi connectivity index (χ0n) is 11.2. The van der Waals surface area contributed by atoms with E-state index in [1.165, 1.54) is 6.07 Å². The number of hydrogen-bond donors (Lipinski definition) is 0. The maximum atomic E-state index is 13.6. The third kappa shape index (κ3) is 2.84. The molecule has 2 rings (SSSR count).